The first kappa shape index (κ1) is 11.0. The summed E-state index contributed by atoms with van der Waals surface area (Å²) in [6, 6.07) is 6.63. The predicted molar refractivity (Wildman–Crippen MR) is 64.9 cm³/mol. The SMILES string of the molecule is N#Cc1c(F)cccc1-n1cnc2c1CCCC2. The molecule has 0 aliphatic heterocycles. The second-order valence-electron chi connectivity index (χ2n) is 4.46. The molecule has 0 saturated heterocycles. The van der Waals surface area contributed by atoms with Gasteiger partial charge in [0.25, 0.3) is 0 Å². The fourth-order valence-electron chi connectivity index (χ4n) is 2.50. The van der Waals surface area contributed by atoms with Crippen LogP contribution in [0, 0.1) is 17.1 Å². The Hall–Kier alpha value is -2.15. The van der Waals surface area contributed by atoms with Crippen LogP contribution in [0.25, 0.3) is 5.69 Å². The molecule has 2 aromatic rings. The fourth-order valence-corrected chi connectivity index (χ4v) is 2.50. The lowest BCUT2D eigenvalue weighted by Gasteiger charge is -2.14. The minimum Gasteiger partial charge on any atom is -0.302 e. The van der Waals surface area contributed by atoms with Gasteiger partial charge in [-0.05, 0) is 37.8 Å². The highest BCUT2D eigenvalue weighted by atomic mass is 19.1. The van der Waals surface area contributed by atoms with Crippen molar-refractivity contribution in [1.82, 2.24) is 9.55 Å². The third-order valence-electron chi connectivity index (χ3n) is 3.39. The number of rotatable bonds is 1. The number of nitriles is 1. The number of aryl methyl sites for hydroxylation is 1. The molecule has 1 aromatic carbocycles. The molecule has 0 unspecified atom stereocenters. The molecule has 3 nitrogen and oxygen atoms in total. The Bertz CT molecular complexity index is 637. The second kappa shape index (κ2) is 4.26. The van der Waals surface area contributed by atoms with Gasteiger partial charge in [0.15, 0.2) is 0 Å². The molecule has 1 aromatic heterocycles. The van der Waals surface area contributed by atoms with Crippen LogP contribution in [-0.2, 0) is 12.8 Å². The topological polar surface area (TPSA) is 41.6 Å². The molecule has 0 bridgehead atoms. The Morgan fingerprint density at radius 3 is 2.94 bits per heavy atom. The molecule has 0 saturated carbocycles. The molecule has 0 atom stereocenters. The molecule has 1 heterocycles. The number of benzene rings is 1. The number of imidazole rings is 1. The summed E-state index contributed by atoms with van der Waals surface area (Å²) >= 11 is 0. The van der Waals surface area contributed by atoms with Crippen LogP contribution in [0.15, 0.2) is 24.5 Å². The van der Waals surface area contributed by atoms with Crippen LogP contribution in [0.3, 0.4) is 0 Å². The molecule has 0 fully saturated rings. The smallest absolute Gasteiger partial charge is 0.143 e. The monoisotopic (exact) mass is 241 g/mol. The minimum absolute atomic E-state index is 0.0864. The van der Waals surface area contributed by atoms with E-state index in [-0.39, 0.29) is 5.56 Å². The van der Waals surface area contributed by atoms with Gasteiger partial charge in [-0.3, -0.25) is 0 Å². The van der Waals surface area contributed by atoms with E-state index >= 15 is 0 Å². The Labute approximate surface area is 105 Å². The molecule has 0 spiro atoms. The zero-order chi connectivity index (χ0) is 12.5. The van der Waals surface area contributed by atoms with Gasteiger partial charge in [0.2, 0.25) is 0 Å². The maximum atomic E-state index is 13.6. The first-order valence-corrected chi connectivity index (χ1v) is 6.05. The first-order chi connectivity index (χ1) is 8.81. The highest BCUT2D eigenvalue weighted by Crippen LogP contribution is 2.25. The third-order valence-corrected chi connectivity index (χ3v) is 3.39. The fraction of sp³-hybridized carbons (Fsp3) is 0.286. The molecule has 0 N–H and O–H groups in total. The van der Waals surface area contributed by atoms with E-state index in [1.54, 1.807) is 18.5 Å². The van der Waals surface area contributed by atoms with Crippen LogP contribution in [0.4, 0.5) is 4.39 Å². The van der Waals surface area contributed by atoms with E-state index in [9.17, 15) is 4.39 Å². The Morgan fingerprint density at radius 2 is 2.11 bits per heavy atom. The van der Waals surface area contributed by atoms with Crippen molar-refractivity contribution in [2.45, 2.75) is 25.7 Å². The van der Waals surface area contributed by atoms with Crippen molar-refractivity contribution in [2.24, 2.45) is 0 Å². The minimum atomic E-state index is -0.478. The highest BCUT2D eigenvalue weighted by Gasteiger charge is 2.18. The summed E-state index contributed by atoms with van der Waals surface area (Å²) in [6.45, 7) is 0. The lowest BCUT2D eigenvalue weighted by atomic mass is 10.0. The number of hydrogen-bond donors (Lipinski definition) is 0. The quantitative estimate of drug-likeness (QED) is 0.770. The molecule has 4 heteroatoms. The van der Waals surface area contributed by atoms with E-state index < -0.39 is 5.82 Å². The van der Waals surface area contributed by atoms with Gasteiger partial charge in [0, 0.05) is 5.69 Å². The van der Waals surface area contributed by atoms with Crippen LogP contribution in [0.2, 0.25) is 0 Å². The predicted octanol–water partition coefficient (Wildman–Crippen LogP) is 2.76. The summed E-state index contributed by atoms with van der Waals surface area (Å²) in [7, 11) is 0. The van der Waals surface area contributed by atoms with Gasteiger partial charge in [0.1, 0.15) is 17.4 Å². The van der Waals surface area contributed by atoms with Gasteiger partial charge in [0.05, 0.1) is 17.7 Å². The van der Waals surface area contributed by atoms with Gasteiger partial charge in [-0.25, -0.2) is 9.37 Å². The molecule has 18 heavy (non-hydrogen) atoms. The van der Waals surface area contributed by atoms with E-state index in [1.807, 2.05) is 10.6 Å². The molecule has 0 radical (unpaired) electrons. The molecular weight excluding hydrogens is 229 g/mol. The summed E-state index contributed by atoms with van der Waals surface area (Å²) in [5.74, 6) is -0.478. The van der Waals surface area contributed by atoms with Crippen LogP contribution in [0.1, 0.15) is 29.8 Å². The van der Waals surface area contributed by atoms with E-state index in [0.717, 1.165) is 37.1 Å². The molecule has 1 aliphatic rings. The van der Waals surface area contributed by atoms with Crippen LogP contribution < -0.4 is 0 Å². The van der Waals surface area contributed by atoms with E-state index in [1.165, 1.54) is 6.07 Å². The Balaban J connectivity index is 2.19. The normalized spacial score (nSPS) is 14.0. The average molecular weight is 241 g/mol. The zero-order valence-corrected chi connectivity index (χ0v) is 9.86. The van der Waals surface area contributed by atoms with Gasteiger partial charge in [-0.15, -0.1) is 0 Å². The largest absolute Gasteiger partial charge is 0.302 e. The van der Waals surface area contributed by atoms with Gasteiger partial charge >= 0.3 is 0 Å². The number of aromatic nitrogens is 2. The number of halogens is 1. The average Bonchev–Trinajstić information content (AvgIpc) is 2.82. The number of nitrogens with zero attached hydrogens (tertiary/aromatic N) is 3. The number of fused-ring (bicyclic) bond motifs is 1. The van der Waals surface area contributed by atoms with Gasteiger partial charge in [-0.2, -0.15) is 5.26 Å². The van der Waals surface area contributed by atoms with Crippen molar-refractivity contribution in [2.75, 3.05) is 0 Å². The maximum absolute atomic E-state index is 13.6. The van der Waals surface area contributed by atoms with Crippen molar-refractivity contribution < 1.29 is 4.39 Å². The number of hydrogen-bond acceptors (Lipinski definition) is 2. The lowest BCUT2D eigenvalue weighted by Crippen LogP contribution is -2.08. The van der Waals surface area contributed by atoms with Crippen molar-refractivity contribution in [1.29, 1.82) is 5.26 Å². The highest BCUT2D eigenvalue weighted by molar-refractivity contribution is 5.51. The molecule has 0 amide bonds. The standard InChI is InChI=1S/C14H12FN3/c15-11-4-3-7-13(10(11)8-16)18-9-17-12-5-1-2-6-14(12)18/h3-4,7,9H,1-2,5-6H2. The van der Waals surface area contributed by atoms with Crippen LogP contribution in [0.5, 0.6) is 0 Å². The molecule has 3 rings (SSSR count). The summed E-state index contributed by atoms with van der Waals surface area (Å²) in [5.41, 5.74) is 2.87. The summed E-state index contributed by atoms with van der Waals surface area (Å²) in [4.78, 5) is 4.37. The van der Waals surface area contributed by atoms with E-state index in [0.29, 0.717) is 5.69 Å². The molecule has 1 aliphatic carbocycles. The van der Waals surface area contributed by atoms with Gasteiger partial charge < -0.3 is 4.57 Å². The summed E-state index contributed by atoms with van der Waals surface area (Å²) < 4.78 is 15.5. The summed E-state index contributed by atoms with van der Waals surface area (Å²) in [5, 5.41) is 9.08. The van der Waals surface area contributed by atoms with E-state index in [2.05, 4.69) is 4.98 Å². The Morgan fingerprint density at radius 1 is 1.28 bits per heavy atom. The maximum Gasteiger partial charge on any atom is 0.143 e. The molecule has 90 valence electrons. The van der Waals surface area contributed by atoms with Crippen LogP contribution in [-0.4, -0.2) is 9.55 Å². The first-order valence-electron chi connectivity index (χ1n) is 6.05. The lowest BCUT2D eigenvalue weighted by molar-refractivity contribution is 0.620. The van der Waals surface area contributed by atoms with Crippen molar-refractivity contribution >= 4 is 0 Å². The second-order valence-corrected chi connectivity index (χ2v) is 4.46. The van der Waals surface area contributed by atoms with Crippen molar-refractivity contribution in [3.8, 4) is 11.8 Å². The summed E-state index contributed by atoms with van der Waals surface area (Å²) in [6.07, 6.45) is 5.88. The van der Waals surface area contributed by atoms with Gasteiger partial charge in [-0.1, -0.05) is 6.07 Å². The Kier molecular flexibility index (Phi) is 2.60. The van der Waals surface area contributed by atoms with Crippen molar-refractivity contribution in [3.05, 3.63) is 47.3 Å². The third kappa shape index (κ3) is 1.60. The van der Waals surface area contributed by atoms with Crippen molar-refractivity contribution in [3.63, 3.8) is 0 Å². The van der Waals surface area contributed by atoms with E-state index in [4.69, 9.17) is 5.26 Å². The zero-order valence-electron chi connectivity index (χ0n) is 9.86. The van der Waals surface area contributed by atoms with Crippen LogP contribution >= 0.6 is 0 Å². The molecular formula is C14H12FN3.